The minimum absolute atomic E-state index is 0.0292. The number of carbonyl (C=O) groups excluding carboxylic acids is 1. The Hall–Kier alpha value is -4.46. The zero-order valence-corrected chi connectivity index (χ0v) is 20.9. The first kappa shape index (κ1) is 25.6. The van der Waals surface area contributed by atoms with Gasteiger partial charge in [-0.15, -0.1) is 0 Å². The quantitative estimate of drug-likeness (QED) is 0.242. The smallest absolute Gasteiger partial charge is 0.343 e. The molecule has 0 radical (unpaired) electrons. The van der Waals surface area contributed by atoms with E-state index in [4.69, 9.17) is 23.4 Å². The number of benzene rings is 3. The fraction of sp³-hybridized carbons (Fsp3) is 0.241. The van der Waals surface area contributed by atoms with E-state index in [9.17, 15) is 14.7 Å². The lowest BCUT2D eigenvalue weighted by Gasteiger charge is -2.19. The van der Waals surface area contributed by atoms with Crippen molar-refractivity contribution < 1.29 is 33.3 Å². The van der Waals surface area contributed by atoms with Gasteiger partial charge in [0.1, 0.15) is 17.1 Å². The van der Waals surface area contributed by atoms with Gasteiger partial charge in [-0.2, -0.15) is 0 Å². The average molecular weight is 505 g/mol. The van der Waals surface area contributed by atoms with Crippen molar-refractivity contribution in [3.8, 4) is 23.0 Å². The molecule has 0 aliphatic rings. The lowest BCUT2D eigenvalue weighted by molar-refractivity contribution is -0.140. The Morgan fingerprint density at radius 2 is 1.70 bits per heavy atom. The molecule has 0 fully saturated rings. The first-order valence-electron chi connectivity index (χ1n) is 11.7. The first-order chi connectivity index (χ1) is 17.9. The largest absolute Gasteiger partial charge is 0.507 e. The molecule has 1 aromatic heterocycles. The van der Waals surface area contributed by atoms with Gasteiger partial charge >= 0.3 is 11.6 Å². The van der Waals surface area contributed by atoms with E-state index < -0.39 is 17.5 Å². The van der Waals surface area contributed by atoms with Crippen LogP contribution in [0.25, 0.3) is 11.0 Å². The van der Waals surface area contributed by atoms with Gasteiger partial charge in [0.25, 0.3) is 0 Å². The molecule has 4 aromatic rings. The van der Waals surface area contributed by atoms with Crippen LogP contribution >= 0.6 is 0 Å². The van der Waals surface area contributed by atoms with E-state index in [1.165, 1.54) is 14.2 Å². The van der Waals surface area contributed by atoms with Gasteiger partial charge in [0.2, 0.25) is 0 Å². The molecular formula is C29H28O8. The number of para-hydroxylation sites is 1. The topological polar surface area (TPSA) is 104 Å². The molecule has 8 heteroatoms. The molecule has 1 N–H and O–H groups in total. The molecule has 0 saturated heterocycles. The third-order valence-corrected chi connectivity index (χ3v) is 6.16. The summed E-state index contributed by atoms with van der Waals surface area (Å²) in [4.78, 5) is 25.3. The van der Waals surface area contributed by atoms with Crippen LogP contribution in [-0.4, -0.2) is 39.0 Å². The van der Waals surface area contributed by atoms with E-state index in [2.05, 4.69) is 0 Å². The minimum Gasteiger partial charge on any atom is -0.507 e. The Balaban J connectivity index is 1.68. The Morgan fingerprint density at radius 1 is 0.946 bits per heavy atom. The van der Waals surface area contributed by atoms with Gasteiger partial charge in [-0.3, -0.25) is 4.79 Å². The van der Waals surface area contributed by atoms with E-state index in [0.717, 1.165) is 11.3 Å². The molecule has 0 aliphatic carbocycles. The van der Waals surface area contributed by atoms with Gasteiger partial charge in [-0.25, -0.2) is 4.79 Å². The number of esters is 1. The molecule has 37 heavy (non-hydrogen) atoms. The molecular weight excluding hydrogens is 476 g/mol. The molecule has 4 rings (SSSR count). The van der Waals surface area contributed by atoms with Crippen molar-refractivity contribution in [3.63, 3.8) is 0 Å². The van der Waals surface area contributed by atoms with Crippen molar-refractivity contribution in [3.05, 3.63) is 93.8 Å². The maximum Gasteiger partial charge on any atom is 0.343 e. The van der Waals surface area contributed by atoms with E-state index in [1.54, 1.807) is 49.6 Å². The first-order valence-corrected chi connectivity index (χ1v) is 11.7. The number of rotatable bonds is 10. The van der Waals surface area contributed by atoms with Gasteiger partial charge in [0.05, 0.1) is 45.3 Å². The van der Waals surface area contributed by atoms with Gasteiger partial charge in [0.15, 0.2) is 11.5 Å². The highest BCUT2D eigenvalue weighted by Crippen LogP contribution is 2.39. The number of hydrogen-bond acceptors (Lipinski definition) is 8. The Bertz CT molecular complexity index is 1440. The highest BCUT2D eigenvalue weighted by Gasteiger charge is 2.28. The van der Waals surface area contributed by atoms with Crippen molar-refractivity contribution in [1.82, 2.24) is 0 Å². The second-order valence-corrected chi connectivity index (χ2v) is 8.34. The molecule has 1 heterocycles. The molecule has 8 nitrogen and oxygen atoms in total. The van der Waals surface area contributed by atoms with Crippen LogP contribution in [0.1, 0.15) is 29.0 Å². The van der Waals surface area contributed by atoms with E-state index in [0.29, 0.717) is 35.5 Å². The van der Waals surface area contributed by atoms with Crippen LogP contribution in [0.3, 0.4) is 0 Å². The van der Waals surface area contributed by atoms with Crippen molar-refractivity contribution in [2.75, 3.05) is 27.9 Å². The summed E-state index contributed by atoms with van der Waals surface area (Å²) in [5, 5.41) is 11.4. The molecule has 3 aromatic carbocycles. The SMILES string of the molecule is COC(=O)CC(c1ccc(OC)c(OCCc2ccc(OC)cc2)c1)c1c(O)c2ccccc2oc1=O. The minimum atomic E-state index is -0.844. The van der Waals surface area contributed by atoms with Gasteiger partial charge in [-0.05, 0) is 47.5 Å². The normalized spacial score (nSPS) is 11.6. The highest BCUT2D eigenvalue weighted by atomic mass is 16.5. The second kappa shape index (κ2) is 11.5. The zero-order valence-electron chi connectivity index (χ0n) is 20.9. The molecule has 1 unspecified atom stereocenters. The van der Waals surface area contributed by atoms with Crippen LogP contribution in [-0.2, 0) is 16.0 Å². The summed E-state index contributed by atoms with van der Waals surface area (Å²) in [6.45, 7) is 0.358. The fourth-order valence-electron chi connectivity index (χ4n) is 4.19. The summed E-state index contributed by atoms with van der Waals surface area (Å²) in [5.74, 6) is 0.0756. The molecule has 1 atom stereocenters. The van der Waals surface area contributed by atoms with Crippen LogP contribution in [0, 0.1) is 0 Å². The third kappa shape index (κ3) is 5.69. The monoisotopic (exact) mass is 504 g/mol. The van der Waals surface area contributed by atoms with Gasteiger partial charge in [0, 0.05) is 12.3 Å². The Morgan fingerprint density at radius 3 is 2.41 bits per heavy atom. The number of methoxy groups -OCH3 is 3. The fourth-order valence-corrected chi connectivity index (χ4v) is 4.19. The number of aromatic hydroxyl groups is 1. The molecule has 0 amide bonds. The lowest BCUT2D eigenvalue weighted by Crippen LogP contribution is -2.18. The van der Waals surface area contributed by atoms with Gasteiger partial charge in [-0.1, -0.05) is 30.3 Å². The van der Waals surface area contributed by atoms with Crippen LogP contribution in [0.2, 0.25) is 0 Å². The van der Waals surface area contributed by atoms with Crippen molar-refractivity contribution in [2.45, 2.75) is 18.8 Å². The molecule has 0 aliphatic heterocycles. The molecule has 0 bridgehead atoms. The van der Waals surface area contributed by atoms with Gasteiger partial charge < -0.3 is 28.5 Å². The third-order valence-electron chi connectivity index (χ3n) is 6.16. The van der Waals surface area contributed by atoms with E-state index >= 15 is 0 Å². The van der Waals surface area contributed by atoms with Crippen molar-refractivity contribution in [1.29, 1.82) is 0 Å². The van der Waals surface area contributed by atoms with Crippen LogP contribution in [0.5, 0.6) is 23.0 Å². The Labute approximate surface area is 214 Å². The summed E-state index contributed by atoms with van der Waals surface area (Å²) in [6, 6.07) is 19.5. The van der Waals surface area contributed by atoms with Crippen LogP contribution < -0.4 is 19.8 Å². The number of carbonyl (C=O) groups is 1. The molecule has 0 saturated carbocycles. The summed E-state index contributed by atoms with van der Waals surface area (Å²) >= 11 is 0. The zero-order chi connectivity index (χ0) is 26.4. The Kier molecular flexibility index (Phi) is 7.98. The summed E-state index contributed by atoms with van der Waals surface area (Å²) in [5.41, 5.74) is 1.12. The summed E-state index contributed by atoms with van der Waals surface area (Å²) in [7, 11) is 4.41. The highest BCUT2D eigenvalue weighted by molar-refractivity contribution is 5.84. The number of fused-ring (bicyclic) bond motifs is 1. The molecule has 0 spiro atoms. The predicted molar refractivity (Wildman–Crippen MR) is 138 cm³/mol. The number of hydrogen-bond donors (Lipinski definition) is 1. The van der Waals surface area contributed by atoms with E-state index in [-0.39, 0.29) is 23.3 Å². The second-order valence-electron chi connectivity index (χ2n) is 8.34. The number of ether oxygens (including phenoxy) is 4. The average Bonchev–Trinajstić information content (AvgIpc) is 2.92. The molecule has 192 valence electrons. The summed E-state index contributed by atoms with van der Waals surface area (Å²) < 4.78 is 27.0. The summed E-state index contributed by atoms with van der Waals surface area (Å²) in [6.07, 6.45) is 0.447. The lowest BCUT2D eigenvalue weighted by atomic mass is 9.88. The predicted octanol–water partition coefficient (Wildman–Crippen LogP) is 4.83. The maximum absolute atomic E-state index is 13.0. The standard InChI is InChI=1S/C29H28O8/c1-33-20-11-8-18(9-12-20)14-15-36-25-16-19(10-13-24(25)34-2)22(17-26(30)35-3)27-28(31)21-6-4-5-7-23(21)37-29(27)32/h4-13,16,22,31H,14-15,17H2,1-3H3. The van der Waals surface area contributed by atoms with Crippen LogP contribution in [0.15, 0.2) is 75.9 Å². The van der Waals surface area contributed by atoms with Crippen molar-refractivity contribution >= 4 is 16.9 Å². The van der Waals surface area contributed by atoms with Crippen LogP contribution in [0.4, 0.5) is 0 Å². The van der Waals surface area contributed by atoms with E-state index in [1.807, 2.05) is 24.3 Å². The van der Waals surface area contributed by atoms with Crippen molar-refractivity contribution in [2.24, 2.45) is 0 Å². The maximum atomic E-state index is 13.0.